The SMILES string of the molecule is COC[C@@H](C)NC(=O)[C@@H](C)Oc1ccc(Cl)cc1. The maximum Gasteiger partial charge on any atom is 0.261 e. The van der Waals surface area contributed by atoms with E-state index in [9.17, 15) is 4.79 Å². The molecular formula is C13H18ClNO3. The van der Waals surface area contributed by atoms with Gasteiger partial charge in [0.2, 0.25) is 0 Å². The highest BCUT2D eigenvalue weighted by Crippen LogP contribution is 2.16. The Morgan fingerprint density at radius 2 is 1.94 bits per heavy atom. The molecule has 0 bridgehead atoms. The van der Waals surface area contributed by atoms with Gasteiger partial charge in [-0.1, -0.05) is 11.6 Å². The molecule has 0 spiro atoms. The fourth-order valence-electron chi connectivity index (χ4n) is 1.42. The third-order valence-corrected chi connectivity index (χ3v) is 2.55. The highest BCUT2D eigenvalue weighted by Gasteiger charge is 2.16. The van der Waals surface area contributed by atoms with Gasteiger partial charge in [-0.05, 0) is 38.1 Å². The Morgan fingerprint density at radius 3 is 2.50 bits per heavy atom. The predicted octanol–water partition coefficient (Wildman–Crippen LogP) is 2.26. The van der Waals surface area contributed by atoms with E-state index in [0.717, 1.165) is 0 Å². The lowest BCUT2D eigenvalue weighted by molar-refractivity contribution is -0.128. The Labute approximate surface area is 112 Å². The molecule has 100 valence electrons. The molecule has 1 aromatic carbocycles. The van der Waals surface area contributed by atoms with Crippen molar-refractivity contribution in [3.63, 3.8) is 0 Å². The summed E-state index contributed by atoms with van der Waals surface area (Å²) in [4.78, 5) is 11.8. The summed E-state index contributed by atoms with van der Waals surface area (Å²) >= 11 is 5.77. The molecule has 0 aliphatic carbocycles. The third-order valence-electron chi connectivity index (χ3n) is 2.30. The first kappa shape index (κ1) is 14.8. The fraction of sp³-hybridized carbons (Fsp3) is 0.462. The van der Waals surface area contributed by atoms with Crippen LogP contribution in [-0.2, 0) is 9.53 Å². The molecule has 2 atom stereocenters. The lowest BCUT2D eigenvalue weighted by atomic mass is 10.3. The molecule has 1 amide bonds. The van der Waals surface area contributed by atoms with Gasteiger partial charge in [0.15, 0.2) is 6.10 Å². The Kier molecular flexibility index (Phi) is 5.95. The van der Waals surface area contributed by atoms with Crippen molar-refractivity contribution in [3.8, 4) is 5.75 Å². The van der Waals surface area contributed by atoms with Crippen LogP contribution < -0.4 is 10.1 Å². The highest BCUT2D eigenvalue weighted by atomic mass is 35.5. The number of methoxy groups -OCH3 is 1. The quantitative estimate of drug-likeness (QED) is 0.863. The van der Waals surface area contributed by atoms with Crippen LogP contribution in [0.1, 0.15) is 13.8 Å². The monoisotopic (exact) mass is 271 g/mol. The van der Waals surface area contributed by atoms with Crippen molar-refractivity contribution in [3.05, 3.63) is 29.3 Å². The fourth-order valence-corrected chi connectivity index (χ4v) is 1.55. The molecular weight excluding hydrogens is 254 g/mol. The smallest absolute Gasteiger partial charge is 0.261 e. The maximum atomic E-state index is 11.8. The molecule has 18 heavy (non-hydrogen) atoms. The second-order valence-corrected chi connectivity index (χ2v) is 4.52. The minimum absolute atomic E-state index is 0.0428. The van der Waals surface area contributed by atoms with Crippen LogP contribution in [0.15, 0.2) is 24.3 Å². The molecule has 0 aliphatic rings. The normalized spacial score (nSPS) is 13.8. The van der Waals surface area contributed by atoms with Gasteiger partial charge in [0.05, 0.1) is 6.61 Å². The van der Waals surface area contributed by atoms with E-state index >= 15 is 0 Å². The summed E-state index contributed by atoms with van der Waals surface area (Å²) in [5.74, 6) is 0.441. The van der Waals surface area contributed by atoms with Gasteiger partial charge >= 0.3 is 0 Å². The van der Waals surface area contributed by atoms with Crippen molar-refractivity contribution in [1.82, 2.24) is 5.32 Å². The Balaban J connectivity index is 2.46. The number of nitrogens with one attached hydrogen (secondary N) is 1. The summed E-state index contributed by atoms with van der Waals surface area (Å²) in [5, 5.41) is 3.43. The Bertz CT molecular complexity index is 380. The number of hydrogen-bond donors (Lipinski definition) is 1. The average molecular weight is 272 g/mol. The van der Waals surface area contributed by atoms with Crippen LogP contribution in [0.25, 0.3) is 0 Å². The molecule has 0 saturated heterocycles. The van der Waals surface area contributed by atoms with Crippen molar-refractivity contribution in [2.45, 2.75) is 26.0 Å². The van der Waals surface area contributed by atoms with E-state index in [-0.39, 0.29) is 11.9 Å². The molecule has 1 rings (SSSR count). The van der Waals surface area contributed by atoms with Gasteiger partial charge in [0.1, 0.15) is 5.75 Å². The Morgan fingerprint density at radius 1 is 1.33 bits per heavy atom. The average Bonchev–Trinajstić information content (AvgIpc) is 2.32. The largest absolute Gasteiger partial charge is 0.481 e. The predicted molar refractivity (Wildman–Crippen MR) is 71.0 cm³/mol. The zero-order valence-electron chi connectivity index (χ0n) is 10.8. The second kappa shape index (κ2) is 7.24. The van der Waals surface area contributed by atoms with Gasteiger partial charge in [0, 0.05) is 18.2 Å². The third kappa shape index (κ3) is 4.94. The van der Waals surface area contributed by atoms with E-state index in [0.29, 0.717) is 17.4 Å². The maximum absolute atomic E-state index is 11.8. The first-order chi connectivity index (χ1) is 8.52. The van der Waals surface area contributed by atoms with E-state index in [2.05, 4.69) is 5.32 Å². The summed E-state index contributed by atoms with van der Waals surface area (Å²) in [6, 6.07) is 6.85. The van der Waals surface area contributed by atoms with Crippen molar-refractivity contribution < 1.29 is 14.3 Å². The first-order valence-electron chi connectivity index (χ1n) is 5.74. The molecule has 0 radical (unpaired) electrons. The number of carbonyl (C=O) groups is 1. The highest BCUT2D eigenvalue weighted by molar-refractivity contribution is 6.30. The molecule has 0 unspecified atom stereocenters. The minimum Gasteiger partial charge on any atom is -0.481 e. The van der Waals surface area contributed by atoms with Crippen LogP contribution in [0, 0.1) is 0 Å². The van der Waals surface area contributed by atoms with Crippen LogP contribution in [0.2, 0.25) is 5.02 Å². The minimum atomic E-state index is -0.564. The molecule has 4 nitrogen and oxygen atoms in total. The van der Waals surface area contributed by atoms with Crippen molar-refractivity contribution in [2.75, 3.05) is 13.7 Å². The Hall–Kier alpha value is -1.26. The lowest BCUT2D eigenvalue weighted by Gasteiger charge is -2.18. The standard InChI is InChI=1S/C13H18ClNO3/c1-9(8-17-3)15-13(16)10(2)18-12-6-4-11(14)5-7-12/h4-7,9-10H,8H2,1-3H3,(H,15,16)/t9-,10-/m1/s1. The van der Waals surface area contributed by atoms with Gasteiger partial charge in [-0.15, -0.1) is 0 Å². The van der Waals surface area contributed by atoms with Gasteiger partial charge in [-0.25, -0.2) is 0 Å². The summed E-state index contributed by atoms with van der Waals surface area (Å²) in [7, 11) is 1.59. The molecule has 0 saturated carbocycles. The number of benzene rings is 1. The zero-order valence-corrected chi connectivity index (χ0v) is 11.5. The number of rotatable bonds is 6. The summed E-state index contributed by atoms with van der Waals surface area (Å²) in [6.45, 7) is 4.04. The van der Waals surface area contributed by atoms with Crippen molar-refractivity contribution in [1.29, 1.82) is 0 Å². The number of ether oxygens (including phenoxy) is 2. The van der Waals surface area contributed by atoms with Gasteiger partial charge in [-0.3, -0.25) is 4.79 Å². The number of halogens is 1. The van der Waals surface area contributed by atoms with Crippen LogP contribution in [-0.4, -0.2) is 31.8 Å². The summed E-state index contributed by atoms with van der Waals surface area (Å²) < 4.78 is 10.4. The van der Waals surface area contributed by atoms with E-state index in [1.54, 1.807) is 38.3 Å². The number of carbonyl (C=O) groups excluding carboxylic acids is 1. The lowest BCUT2D eigenvalue weighted by Crippen LogP contribution is -2.43. The summed E-state index contributed by atoms with van der Waals surface area (Å²) in [6.07, 6.45) is -0.564. The molecule has 5 heteroatoms. The molecule has 1 aromatic rings. The van der Waals surface area contributed by atoms with Crippen molar-refractivity contribution >= 4 is 17.5 Å². The van der Waals surface area contributed by atoms with E-state index < -0.39 is 6.10 Å². The van der Waals surface area contributed by atoms with E-state index in [1.807, 2.05) is 6.92 Å². The van der Waals surface area contributed by atoms with Gasteiger partial charge < -0.3 is 14.8 Å². The molecule has 0 aliphatic heterocycles. The van der Waals surface area contributed by atoms with Crippen LogP contribution in [0.3, 0.4) is 0 Å². The second-order valence-electron chi connectivity index (χ2n) is 4.08. The number of hydrogen-bond acceptors (Lipinski definition) is 3. The molecule has 0 heterocycles. The summed E-state index contributed by atoms with van der Waals surface area (Å²) in [5.41, 5.74) is 0. The molecule has 0 aromatic heterocycles. The van der Waals surface area contributed by atoms with Crippen LogP contribution in [0.4, 0.5) is 0 Å². The zero-order chi connectivity index (χ0) is 13.5. The van der Waals surface area contributed by atoms with Crippen molar-refractivity contribution in [2.24, 2.45) is 0 Å². The van der Waals surface area contributed by atoms with Crippen LogP contribution in [0.5, 0.6) is 5.75 Å². The van der Waals surface area contributed by atoms with Crippen LogP contribution >= 0.6 is 11.6 Å². The first-order valence-corrected chi connectivity index (χ1v) is 6.12. The topological polar surface area (TPSA) is 47.6 Å². The van der Waals surface area contributed by atoms with E-state index in [4.69, 9.17) is 21.1 Å². The van der Waals surface area contributed by atoms with Gasteiger partial charge in [-0.2, -0.15) is 0 Å². The van der Waals surface area contributed by atoms with Gasteiger partial charge in [0.25, 0.3) is 5.91 Å². The molecule has 1 N–H and O–H groups in total. The van der Waals surface area contributed by atoms with E-state index in [1.165, 1.54) is 0 Å². The number of amides is 1. The molecule has 0 fully saturated rings.